The maximum atomic E-state index is 11.8. The van der Waals surface area contributed by atoms with Crippen molar-refractivity contribution in [2.75, 3.05) is 19.7 Å². The summed E-state index contributed by atoms with van der Waals surface area (Å²) in [6.45, 7) is 6.01. The number of hydrogen-bond donors (Lipinski definition) is 2. The number of carbonyl (C=O) groups is 1. The smallest absolute Gasteiger partial charge is 0.251 e. The van der Waals surface area contributed by atoms with Crippen molar-refractivity contribution in [3.05, 3.63) is 29.8 Å². The number of carbonyl (C=O) groups excluding carboxylic acids is 1. The minimum Gasteiger partial charge on any atom is -0.493 e. The van der Waals surface area contributed by atoms with Gasteiger partial charge in [-0.2, -0.15) is 0 Å². The Morgan fingerprint density at radius 2 is 2.22 bits per heavy atom. The monoisotopic (exact) mass is 250 g/mol. The van der Waals surface area contributed by atoms with Crippen molar-refractivity contribution < 1.29 is 9.53 Å². The SMILES string of the molecule is CC(C)COc1cccc(C(=O)NCCCN)c1. The molecule has 1 rings (SSSR count). The first-order valence-corrected chi connectivity index (χ1v) is 6.34. The summed E-state index contributed by atoms with van der Waals surface area (Å²) in [5.41, 5.74) is 5.99. The third kappa shape index (κ3) is 5.19. The molecule has 0 heterocycles. The summed E-state index contributed by atoms with van der Waals surface area (Å²) in [6, 6.07) is 7.23. The molecule has 4 heteroatoms. The Kier molecular flexibility index (Phi) is 6.22. The predicted molar refractivity (Wildman–Crippen MR) is 72.8 cm³/mol. The van der Waals surface area contributed by atoms with Crippen LogP contribution in [0.2, 0.25) is 0 Å². The molecule has 0 aliphatic rings. The fraction of sp³-hybridized carbons (Fsp3) is 0.500. The molecule has 18 heavy (non-hydrogen) atoms. The summed E-state index contributed by atoms with van der Waals surface area (Å²) in [4.78, 5) is 11.8. The Morgan fingerprint density at radius 1 is 1.44 bits per heavy atom. The first kappa shape index (κ1) is 14.5. The van der Waals surface area contributed by atoms with E-state index >= 15 is 0 Å². The Labute approximate surface area is 109 Å². The van der Waals surface area contributed by atoms with Gasteiger partial charge in [0.25, 0.3) is 5.91 Å². The first-order chi connectivity index (χ1) is 8.63. The summed E-state index contributed by atoms with van der Waals surface area (Å²) in [5, 5.41) is 2.82. The zero-order chi connectivity index (χ0) is 13.4. The van der Waals surface area contributed by atoms with Gasteiger partial charge in [0.2, 0.25) is 0 Å². The van der Waals surface area contributed by atoms with E-state index in [2.05, 4.69) is 19.2 Å². The second kappa shape index (κ2) is 7.71. The summed E-state index contributed by atoms with van der Waals surface area (Å²) in [6.07, 6.45) is 0.787. The topological polar surface area (TPSA) is 64.3 Å². The van der Waals surface area contributed by atoms with E-state index in [9.17, 15) is 4.79 Å². The maximum absolute atomic E-state index is 11.8. The van der Waals surface area contributed by atoms with Gasteiger partial charge in [0.05, 0.1) is 6.61 Å². The lowest BCUT2D eigenvalue weighted by atomic mass is 10.2. The number of hydrogen-bond acceptors (Lipinski definition) is 3. The number of amides is 1. The Balaban J connectivity index is 2.55. The summed E-state index contributed by atoms with van der Waals surface area (Å²) >= 11 is 0. The molecule has 0 spiro atoms. The Bertz CT molecular complexity index is 378. The lowest BCUT2D eigenvalue weighted by Crippen LogP contribution is -2.25. The largest absolute Gasteiger partial charge is 0.493 e. The normalized spacial score (nSPS) is 10.4. The van der Waals surface area contributed by atoms with Gasteiger partial charge in [-0.1, -0.05) is 19.9 Å². The standard InChI is InChI=1S/C14H22N2O2/c1-11(2)10-18-13-6-3-5-12(9-13)14(17)16-8-4-7-15/h3,5-6,9,11H,4,7-8,10,15H2,1-2H3,(H,16,17). The van der Waals surface area contributed by atoms with Crippen LogP contribution < -0.4 is 15.8 Å². The molecule has 0 aromatic heterocycles. The van der Waals surface area contributed by atoms with Crippen LogP contribution in [0.5, 0.6) is 5.75 Å². The van der Waals surface area contributed by atoms with E-state index in [1.807, 2.05) is 12.1 Å². The molecule has 1 amide bonds. The second-order valence-electron chi connectivity index (χ2n) is 4.63. The number of benzene rings is 1. The maximum Gasteiger partial charge on any atom is 0.251 e. The summed E-state index contributed by atoms with van der Waals surface area (Å²) in [7, 11) is 0. The molecular formula is C14H22N2O2. The third-order valence-corrected chi connectivity index (χ3v) is 2.35. The highest BCUT2D eigenvalue weighted by Gasteiger charge is 2.06. The molecule has 4 nitrogen and oxygen atoms in total. The van der Waals surface area contributed by atoms with Gasteiger partial charge in [-0.05, 0) is 37.1 Å². The predicted octanol–water partition coefficient (Wildman–Crippen LogP) is 1.80. The van der Waals surface area contributed by atoms with Gasteiger partial charge >= 0.3 is 0 Å². The van der Waals surface area contributed by atoms with Gasteiger partial charge in [0.1, 0.15) is 5.75 Å². The van der Waals surface area contributed by atoms with Crippen molar-refractivity contribution in [2.45, 2.75) is 20.3 Å². The lowest BCUT2D eigenvalue weighted by Gasteiger charge is -2.10. The fourth-order valence-electron chi connectivity index (χ4n) is 1.40. The lowest BCUT2D eigenvalue weighted by molar-refractivity contribution is 0.0953. The van der Waals surface area contributed by atoms with Crippen LogP contribution in [0.1, 0.15) is 30.6 Å². The molecule has 3 N–H and O–H groups in total. The van der Waals surface area contributed by atoms with Gasteiger partial charge in [-0.15, -0.1) is 0 Å². The third-order valence-electron chi connectivity index (χ3n) is 2.35. The van der Waals surface area contributed by atoms with Crippen molar-refractivity contribution in [3.63, 3.8) is 0 Å². The zero-order valence-electron chi connectivity index (χ0n) is 11.1. The van der Waals surface area contributed by atoms with E-state index in [-0.39, 0.29) is 5.91 Å². The van der Waals surface area contributed by atoms with Crippen molar-refractivity contribution in [1.82, 2.24) is 5.32 Å². The molecule has 0 fully saturated rings. The summed E-state index contributed by atoms with van der Waals surface area (Å²) in [5.74, 6) is 1.11. The molecule has 1 aromatic rings. The van der Waals surface area contributed by atoms with Gasteiger partial charge in [0, 0.05) is 12.1 Å². The van der Waals surface area contributed by atoms with E-state index in [0.717, 1.165) is 12.2 Å². The van der Waals surface area contributed by atoms with E-state index in [4.69, 9.17) is 10.5 Å². The molecule has 0 aliphatic heterocycles. The Hall–Kier alpha value is -1.55. The average molecular weight is 250 g/mol. The molecule has 0 unspecified atom stereocenters. The molecule has 1 aromatic carbocycles. The quantitative estimate of drug-likeness (QED) is 0.725. The highest BCUT2D eigenvalue weighted by Crippen LogP contribution is 2.14. The van der Waals surface area contributed by atoms with Crippen LogP contribution in [0.25, 0.3) is 0 Å². The van der Waals surface area contributed by atoms with Crippen LogP contribution in [0, 0.1) is 5.92 Å². The van der Waals surface area contributed by atoms with E-state index in [1.165, 1.54) is 0 Å². The van der Waals surface area contributed by atoms with Crippen molar-refractivity contribution in [2.24, 2.45) is 11.7 Å². The van der Waals surface area contributed by atoms with Crippen LogP contribution in [-0.2, 0) is 0 Å². The molecule has 0 bridgehead atoms. The molecule has 100 valence electrons. The minimum absolute atomic E-state index is 0.0848. The van der Waals surface area contributed by atoms with Crippen molar-refractivity contribution >= 4 is 5.91 Å². The van der Waals surface area contributed by atoms with E-state index < -0.39 is 0 Å². The van der Waals surface area contributed by atoms with Crippen LogP contribution in [0.15, 0.2) is 24.3 Å². The highest BCUT2D eigenvalue weighted by atomic mass is 16.5. The molecule has 0 saturated carbocycles. The number of nitrogens with one attached hydrogen (secondary N) is 1. The molecule has 0 atom stereocenters. The minimum atomic E-state index is -0.0848. The molecule has 0 aliphatic carbocycles. The number of rotatable bonds is 7. The van der Waals surface area contributed by atoms with Crippen LogP contribution in [-0.4, -0.2) is 25.6 Å². The van der Waals surface area contributed by atoms with Crippen LogP contribution in [0.3, 0.4) is 0 Å². The van der Waals surface area contributed by atoms with Crippen molar-refractivity contribution in [3.8, 4) is 5.75 Å². The van der Waals surface area contributed by atoms with E-state index in [0.29, 0.717) is 31.2 Å². The second-order valence-corrected chi connectivity index (χ2v) is 4.63. The Morgan fingerprint density at radius 3 is 2.89 bits per heavy atom. The molecule has 0 saturated heterocycles. The summed E-state index contributed by atoms with van der Waals surface area (Å²) < 4.78 is 5.58. The highest BCUT2D eigenvalue weighted by molar-refractivity contribution is 5.94. The van der Waals surface area contributed by atoms with Gasteiger partial charge in [-0.3, -0.25) is 4.79 Å². The molecule has 0 radical (unpaired) electrons. The number of ether oxygens (including phenoxy) is 1. The fourth-order valence-corrected chi connectivity index (χ4v) is 1.40. The van der Waals surface area contributed by atoms with Crippen molar-refractivity contribution in [1.29, 1.82) is 0 Å². The van der Waals surface area contributed by atoms with Gasteiger partial charge < -0.3 is 15.8 Å². The molecular weight excluding hydrogens is 228 g/mol. The first-order valence-electron chi connectivity index (χ1n) is 6.34. The number of nitrogens with two attached hydrogens (primary N) is 1. The van der Waals surface area contributed by atoms with Crippen LogP contribution >= 0.6 is 0 Å². The average Bonchev–Trinajstić information content (AvgIpc) is 2.37. The van der Waals surface area contributed by atoms with Crippen LogP contribution in [0.4, 0.5) is 0 Å². The van der Waals surface area contributed by atoms with E-state index in [1.54, 1.807) is 12.1 Å². The zero-order valence-corrected chi connectivity index (χ0v) is 11.1. The van der Waals surface area contributed by atoms with Gasteiger partial charge in [-0.25, -0.2) is 0 Å². The van der Waals surface area contributed by atoms with Gasteiger partial charge in [0.15, 0.2) is 0 Å².